The minimum absolute atomic E-state index is 0.0125. The maximum absolute atomic E-state index is 5.24. The van der Waals surface area contributed by atoms with E-state index >= 15 is 0 Å². The summed E-state index contributed by atoms with van der Waals surface area (Å²) in [5, 5.41) is 6.55. The van der Waals surface area contributed by atoms with Crippen LogP contribution in [0, 0.1) is 0 Å². The molecule has 0 saturated carbocycles. The first-order valence-electron chi connectivity index (χ1n) is 12.1. The minimum atomic E-state index is -0.505. The van der Waals surface area contributed by atoms with Gasteiger partial charge in [-0.25, -0.2) is 0 Å². The van der Waals surface area contributed by atoms with E-state index in [0.29, 0.717) is 0 Å². The first kappa shape index (κ1) is 24.1. The molecule has 0 aromatic heterocycles. The Hall–Kier alpha value is -3.06. The van der Waals surface area contributed by atoms with Crippen LogP contribution < -0.4 is 15.9 Å². The highest BCUT2D eigenvalue weighted by Gasteiger charge is 2.23. The van der Waals surface area contributed by atoms with Crippen molar-refractivity contribution in [2.45, 2.75) is 25.4 Å². The van der Waals surface area contributed by atoms with Gasteiger partial charge in [0.15, 0.2) is 0 Å². The molecular weight excluding hydrogens is 431 g/mol. The Labute approximate surface area is 205 Å². The van der Waals surface area contributed by atoms with Crippen molar-refractivity contribution in [1.82, 2.24) is 5.32 Å². The van der Waals surface area contributed by atoms with Crippen LogP contribution in [-0.2, 0) is 0 Å². The van der Waals surface area contributed by atoms with Crippen LogP contribution in [0.3, 0.4) is 0 Å². The van der Waals surface area contributed by atoms with Gasteiger partial charge in [0.25, 0.3) is 0 Å². The lowest BCUT2D eigenvalue weighted by Crippen LogP contribution is -2.27. The number of hydrogen-bond donors (Lipinski definition) is 1. The molecule has 1 N–H and O–H groups in total. The summed E-state index contributed by atoms with van der Waals surface area (Å²) in [6.45, 7) is 3.17. The lowest BCUT2D eigenvalue weighted by atomic mass is 9.93. The van der Waals surface area contributed by atoms with Crippen LogP contribution in [0.4, 0.5) is 0 Å². The van der Waals surface area contributed by atoms with E-state index in [-0.39, 0.29) is 12.1 Å². The van der Waals surface area contributed by atoms with Crippen molar-refractivity contribution in [3.8, 4) is 0 Å². The molecule has 172 valence electrons. The van der Waals surface area contributed by atoms with Crippen LogP contribution >= 0.6 is 7.92 Å². The van der Waals surface area contributed by atoms with Gasteiger partial charge in [-0.2, -0.15) is 0 Å². The van der Waals surface area contributed by atoms with Crippen LogP contribution in [0.1, 0.15) is 36.6 Å². The summed E-state index contributed by atoms with van der Waals surface area (Å²) in [6.07, 6.45) is 4.18. The maximum atomic E-state index is 5.24. The standard InChI is InChI=1S/C31H33N2P/c1-2-23-32-30(26-15-7-3-8-16-26)31(27-17-9-4-10-18-27)33-24-25-34(28-19-11-5-12-20-28)29-21-13-6-14-22-29/h3-22,24,30-32H,2,23,25H2,1H3/t30-,31-/m0/s1. The highest BCUT2D eigenvalue weighted by Crippen LogP contribution is 2.35. The lowest BCUT2D eigenvalue weighted by Gasteiger charge is -2.27. The number of nitrogens with zero attached hydrogens (tertiary/aromatic N) is 1. The minimum Gasteiger partial charge on any atom is -0.308 e. The van der Waals surface area contributed by atoms with E-state index in [0.717, 1.165) is 19.1 Å². The number of nitrogens with one attached hydrogen (secondary N) is 1. The molecule has 34 heavy (non-hydrogen) atoms. The average Bonchev–Trinajstić information content (AvgIpc) is 2.92. The van der Waals surface area contributed by atoms with Gasteiger partial charge in [-0.1, -0.05) is 128 Å². The Morgan fingerprint density at radius 3 is 1.65 bits per heavy atom. The van der Waals surface area contributed by atoms with E-state index in [1.165, 1.54) is 21.7 Å². The van der Waals surface area contributed by atoms with Gasteiger partial charge in [0.1, 0.15) is 0 Å². The first-order valence-corrected chi connectivity index (χ1v) is 13.6. The highest BCUT2D eigenvalue weighted by molar-refractivity contribution is 7.73. The van der Waals surface area contributed by atoms with E-state index in [9.17, 15) is 0 Å². The van der Waals surface area contributed by atoms with Gasteiger partial charge in [0, 0.05) is 12.4 Å². The van der Waals surface area contributed by atoms with Crippen molar-refractivity contribution in [3.05, 3.63) is 132 Å². The topological polar surface area (TPSA) is 24.4 Å². The van der Waals surface area contributed by atoms with Gasteiger partial charge < -0.3 is 5.32 Å². The quantitative estimate of drug-likeness (QED) is 0.194. The lowest BCUT2D eigenvalue weighted by molar-refractivity contribution is 0.456. The summed E-state index contributed by atoms with van der Waals surface area (Å²) in [6, 6.07) is 43.3. The molecule has 4 aromatic rings. The Kier molecular flexibility index (Phi) is 9.20. The third-order valence-corrected chi connectivity index (χ3v) is 8.27. The number of aliphatic imine (C=N–C) groups is 1. The van der Waals surface area contributed by atoms with Crippen LogP contribution in [-0.4, -0.2) is 18.9 Å². The molecule has 0 bridgehead atoms. The van der Waals surface area contributed by atoms with Gasteiger partial charge in [0.05, 0.1) is 12.1 Å². The zero-order valence-electron chi connectivity index (χ0n) is 19.8. The summed E-state index contributed by atoms with van der Waals surface area (Å²) in [5.41, 5.74) is 2.51. The van der Waals surface area contributed by atoms with Crippen molar-refractivity contribution in [3.63, 3.8) is 0 Å². The van der Waals surface area contributed by atoms with E-state index in [1.807, 2.05) is 0 Å². The van der Waals surface area contributed by atoms with Crippen molar-refractivity contribution < 1.29 is 0 Å². The third kappa shape index (κ3) is 6.50. The average molecular weight is 465 g/mol. The SMILES string of the molecule is CCCN[C@@H](c1ccccc1)[C@@H](N=CCP(c1ccccc1)c1ccccc1)c1ccccc1. The largest absolute Gasteiger partial charge is 0.308 e. The van der Waals surface area contributed by atoms with E-state index < -0.39 is 7.92 Å². The predicted molar refractivity (Wildman–Crippen MR) is 149 cm³/mol. The van der Waals surface area contributed by atoms with E-state index in [4.69, 9.17) is 4.99 Å². The molecular formula is C31H33N2P. The number of benzene rings is 4. The van der Waals surface area contributed by atoms with Crippen molar-refractivity contribution in [2.75, 3.05) is 12.7 Å². The zero-order valence-corrected chi connectivity index (χ0v) is 20.7. The van der Waals surface area contributed by atoms with Crippen molar-refractivity contribution in [2.24, 2.45) is 4.99 Å². The smallest absolute Gasteiger partial charge is 0.0939 e. The normalized spacial score (nSPS) is 13.2. The van der Waals surface area contributed by atoms with Crippen LogP contribution in [0.2, 0.25) is 0 Å². The Morgan fingerprint density at radius 2 is 1.15 bits per heavy atom. The second-order valence-corrected chi connectivity index (χ2v) is 10.6. The van der Waals surface area contributed by atoms with Gasteiger partial charge in [-0.3, -0.25) is 4.99 Å². The molecule has 0 fully saturated rings. The molecule has 3 heteroatoms. The van der Waals surface area contributed by atoms with Crippen molar-refractivity contribution in [1.29, 1.82) is 0 Å². The molecule has 0 unspecified atom stereocenters. The first-order chi connectivity index (χ1) is 16.9. The second kappa shape index (κ2) is 13.0. The molecule has 4 rings (SSSR count). The molecule has 0 radical (unpaired) electrons. The highest BCUT2D eigenvalue weighted by atomic mass is 31.1. The third-order valence-electron chi connectivity index (χ3n) is 5.90. The van der Waals surface area contributed by atoms with Gasteiger partial charge >= 0.3 is 0 Å². The number of hydrogen-bond acceptors (Lipinski definition) is 2. The second-order valence-electron chi connectivity index (χ2n) is 8.31. The van der Waals surface area contributed by atoms with Crippen LogP contribution in [0.25, 0.3) is 0 Å². The fourth-order valence-electron chi connectivity index (χ4n) is 4.20. The van der Waals surface area contributed by atoms with Crippen LogP contribution in [0.5, 0.6) is 0 Å². The summed E-state index contributed by atoms with van der Waals surface area (Å²) in [5.74, 6) is 0. The molecule has 2 nitrogen and oxygen atoms in total. The van der Waals surface area contributed by atoms with E-state index in [1.54, 1.807) is 0 Å². The van der Waals surface area contributed by atoms with Gasteiger partial charge in [-0.05, 0) is 42.6 Å². The predicted octanol–water partition coefficient (Wildman–Crippen LogP) is 6.67. The summed E-state index contributed by atoms with van der Waals surface area (Å²) < 4.78 is 0. The van der Waals surface area contributed by atoms with E-state index in [2.05, 4.69) is 140 Å². The molecule has 4 aromatic carbocycles. The van der Waals surface area contributed by atoms with Crippen LogP contribution in [0.15, 0.2) is 126 Å². The maximum Gasteiger partial charge on any atom is 0.0939 e. The van der Waals surface area contributed by atoms with Gasteiger partial charge in [-0.15, -0.1) is 0 Å². The molecule has 0 aliphatic rings. The Morgan fingerprint density at radius 1 is 0.676 bits per heavy atom. The molecule has 2 atom stereocenters. The fourth-order valence-corrected chi connectivity index (χ4v) is 6.25. The van der Waals surface area contributed by atoms with Gasteiger partial charge in [0.2, 0.25) is 0 Å². The molecule has 0 saturated heterocycles. The fraction of sp³-hybridized carbons (Fsp3) is 0.194. The summed E-state index contributed by atoms with van der Waals surface area (Å²) in [7, 11) is -0.505. The molecule has 0 aliphatic carbocycles. The Bertz CT molecular complexity index is 1080. The Balaban J connectivity index is 1.66. The monoisotopic (exact) mass is 464 g/mol. The van der Waals surface area contributed by atoms with Crippen molar-refractivity contribution >= 4 is 24.7 Å². The molecule has 0 amide bonds. The molecule has 0 heterocycles. The molecule has 0 aliphatic heterocycles. The molecule has 0 spiro atoms. The summed E-state index contributed by atoms with van der Waals surface area (Å²) in [4.78, 5) is 5.24. The zero-order chi connectivity index (χ0) is 23.4. The summed E-state index contributed by atoms with van der Waals surface area (Å²) >= 11 is 0. The number of rotatable bonds is 11.